The molecule has 2 amide bonds. The zero-order valence-electron chi connectivity index (χ0n) is 11.1. The summed E-state index contributed by atoms with van der Waals surface area (Å²) in [4.78, 5) is 31.0. The van der Waals surface area contributed by atoms with E-state index in [1.165, 1.54) is 0 Å². The molecule has 1 atom stereocenters. The van der Waals surface area contributed by atoms with Gasteiger partial charge in [0.25, 0.3) is 5.91 Å². The summed E-state index contributed by atoms with van der Waals surface area (Å²) in [6.45, 7) is 0.158. The first-order chi connectivity index (χ1) is 10.2. The number of nitrogens with zero attached hydrogens (tertiary/aromatic N) is 3. The van der Waals surface area contributed by atoms with Gasteiger partial charge in [0.1, 0.15) is 6.04 Å². The van der Waals surface area contributed by atoms with Gasteiger partial charge in [0.2, 0.25) is 11.8 Å². The molecule has 0 aromatic carbocycles. The summed E-state index contributed by atoms with van der Waals surface area (Å²) in [7, 11) is 0. The van der Waals surface area contributed by atoms with E-state index in [0.717, 1.165) is 0 Å². The molecule has 8 nitrogen and oxygen atoms in total. The molecule has 0 spiro atoms. The highest BCUT2D eigenvalue weighted by molar-refractivity contribution is 5.93. The third kappa shape index (κ3) is 3.04. The smallest absolute Gasteiger partial charge is 0.251 e. The first-order valence-corrected chi connectivity index (χ1v) is 6.52. The van der Waals surface area contributed by atoms with Crippen LogP contribution in [0.1, 0.15) is 41.0 Å². The Balaban J connectivity index is 1.58. The molecule has 2 aromatic heterocycles. The minimum atomic E-state index is -0.238. The predicted molar refractivity (Wildman–Crippen MR) is 69.8 cm³/mol. The molecule has 3 rings (SSSR count). The van der Waals surface area contributed by atoms with E-state index < -0.39 is 0 Å². The maximum Gasteiger partial charge on any atom is 0.251 e. The van der Waals surface area contributed by atoms with Crippen LogP contribution in [0.3, 0.4) is 0 Å². The molecule has 108 valence electrons. The molecule has 1 fully saturated rings. The van der Waals surface area contributed by atoms with E-state index in [9.17, 15) is 9.59 Å². The van der Waals surface area contributed by atoms with E-state index in [0.29, 0.717) is 30.1 Å². The van der Waals surface area contributed by atoms with Crippen LogP contribution in [-0.4, -0.2) is 26.9 Å². The second kappa shape index (κ2) is 5.70. The summed E-state index contributed by atoms with van der Waals surface area (Å²) in [6, 6.07) is 3.01. The number of carbonyl (C=O) groups excluding carboxylic acids is 2. The summed E-state index contributed by atoms with van der Waals surface area (Å²) < 4.78 is 5.10. The Morgan fingerprint density at radius 2 is 2.24 bits per heavy atom. The fourth-order valence-electron chi connectivity index (χ4n) is 2.04. The largest absolute Gasteiger partial charge is 0.345 e. The highest BCUT2D eigenvalue weighted by atomic mass is 16.5. The van der Waals surface area contributed by atoms with Gasteiger partial charge < -0.3 is 15.2 Å². The zero-order valence-corrected chi connectivity index (χ0v) is 11.1. The van der Waals surface area contributed by atoms with Crippen LogP contribution in [0.4, 0.5) is 0 Å². The highest BCUT2D eigenvalue weighted by Crippen LogP contribution is 2.21. The predicted octanol–water partition coefficient (Wildman–Crippen LogP) is 0.346. The zero-order chi connectivity index (χ0) is 14.7. The van der Waals surface area contributed by atoms with E-state index in [2.05, 4.69) is 25.8 Å². The topological polar surface area (TPSA) is 110 Å². The van der Waals surface area contributed by atoms with Gasteiger partial charge in [0.15, 0.2) is 5.82 Å². The number of hydrogen-bond acceptors (Lipinski definition) is 6. The lowest BCUT2D eigenvalue weighted by Crippen LogP contribution is -2.23. The van der Waals surface area contributed by atoms with Crippen LogP contribution in [0, 0.1) is 0 Å². The third-order valence-electron chi connectivity index (χ3n) is 3.13. The Bertz CT molecular complexity index is 655. The fraction of sp³-hybridized carbons (Fsp3) is 0.308. The second-order valence-electron chi connectivity index (χ2n) is 4.63. The molecule has 0 unspecified atom stereocenters. The minimum absolute atomic E-state index is 0.0225. The van der Waals surface area contributed by atoms with Crippen LogP contribution in [-0.2, 0) is 11.3 Å². The number of nitrogens with one attached hydrogen (secondary N) is 2. The van der Waals surface area contributed by atoms with E-state index in [1.54, 1.807) is 24.5 Å². The van der Waals surface area contributed by atoms with Crippen molar-refractivity contribution in [3.05, 3.63) is 41.8 Å². The van der Waals surface area contributed by atoms with Crippen molar-refractivity contribution in [2.75, 3.05) is 0 Å². The average Bonchev–Trinajstić information content (AvgIpc) is 3.14. The van der Waals surface area contributed by atoms with Crippen molar-refractivity contribution in [3.8, 4) is 0 Å². The van der Waals surface area contributed by atoms with Gasteiger partial charge in [-0.1, -0.05) is 5.16 Å². The average molecular weight is 287 g/mol. The van der Waals surface area contributed by atoms with Gasteiger partial charge >= 0.3 is 0 Å². The van der Waals surface area contributed by atoms with Gasteiger partial charge in [-0.3, -0.25) is 14.6 Å². The molecule has 0 radical (unpaired) electrons. The number of carbonyl (C=O) groups is 2. The van der Waals surface area contributed by atoms with Gasteiger partial charge in [0, 0.05) is 24.4 Å². The maximum atomic E-state index is 11.8. The van der Waals surface area contributed by atoms with Crippen molar-refractivity contribution in [2.45, 2.75) is 25.4 Å². The lowest BCUT2D eigenvalue weighted by atomic mass is 10.2. The SMILES string of the molecule is O=C1CC[C@@H](c2nc(CNC(=O)c3ccncc3)no2)N1. The molecule has 0 bridgehead atoms. The Hall–Kier alpha value is -2.77. The number of pyridine rings is 1. The summed E-state index contributed by atoms with van der Waals surface area (Å²) in [5.74, 6) is 0.478. The second-order valence-corrected chi connectivity index (χ2v) is 4.63. The Morgan fingerprint density at radius 1 is 1.43 bits per heavy atom. The molecule has 1 saturated heterocycles. The van der Waals surface area contributed by atoms with E-state index >= 15 is 0 Å². The molecule has 1 aliphatic heterocycles. The van der Waals surface area contributed by atoms with E-state index in [4.69, 9.17) is 4.52 Å². The molecule has 2 aromatic rings. The minimum Gasteiger partial charge on any atom is -0.345 e. The molecule has 8 heteroatoms. The van der Waals surface area contributed by atoms with Gasteiger partial charge in [0.05, 0.1) is 6.54 Å². The van der Waals surface area contributed by atoms with Gasteiger partial charge in [-0.05, 0) is 18.6 Å². The van der Waals surface area contributed by atoms with Crippen molar-refractivity contribution < 1.29 is 14.1 Å². The Labute approximate surface area is 119 Å². The third-order valence-corrected chi connectivity index (χ3v) is 3.13. The molecule has 0 aliphatic carbocycles. The quantitative estimate of drug-likeness (QED) is 0.839. The van der Waals surface area contributed by atoms with Gasteiger partial charge in [-0.15, -0.1) is 0 Å². The Morgan fingerprint density at radius 3 is 2.95 bits per heavy atom. The summed E-state index contributed by atoms with van der Waals surface area (Å²) in [5, 5.41) is 9.22. The maximum absolute atomic E-state index is 11.8. The summed E-state index contributed by atoms with van der Waals surface area (Å²) >= 11 is 0. The fourth-order valence-corrected chi connectivity index (χ4v) is 2.04. The number of hydrogen-bond donors (Lipinski definition) is 2. The van der Waals surface area contributed by atoms with Crippen molar-refractivity contribution in [1.29, 1.82) is 0 Å². The number of rotatable bonds is 4. The van der Waals surface area contributed by atoms with Crippen LogP contribution < -0.4 is 10.6 Å². The van der Waals surface area contributed by atoms with Crippen LogP contribution in [0.25, 0.3) is 0 Å². The molecule has 2 N–H and O–H groups in total. The molecule has 0 saturated carbocycles. The number of amides is 2. The van der Waals surface area contributed by atoms with Crippen molar-refractivity contribution in [1.82, 2.24) is 25.8 Å². The molecule has 3 heterocycles. The molecular formula is C13H13N5O3. The van der Waals surface area contributed by atoms with E-state index in [-0.39, 0.29) is 24.4 Å². The first kappa shape index (κ1) is 13.2. The van der Waals surface area contributed by atoms with Crippen LogP contribution in [0.15, 0.2) is 29.0 Å². The van der Waals surface area contributed by atoms with Crippen molar-refractivity contribution in [3.63, 3.8) is 0 Å². The van der Waals surface area contributed by atoms with Crippen molar-refractivity contribution >= 4 is 11.8 Å². The lowest BCUT2D eigenvalue weighted by molar-refractivity contribution is -0.119. The van der Waals surface area contributed by atoms with Crippen LogP contribution in [0.2, 0.25) is 0 Å². The van der Waals surface area contributed by atoms with E-state index in [1.807, 2.05) is 0 Å². The summed E-state index contributed by atoms with van der Waals surface area (Å²) in [5.41, 5.74) is 0.511. The molecular weight excluding hydrogens is 274 g/mol. The van der Waals surface area contributed by atoms with Crippen molar-refractivity contribution in [2.24, 2.45) is 0 Å². The molecule has 1 aliphatic rings. The van der Waals surface area contributed by atoms with Crippen LogP contribution in [0.5, 0.6) is 0 Å². The Kier molecular flexibility index (Phi) is 3.59. The molecule has 21 heavy (non-hydrogen) atoms. The van der Waals surface area contributed by atoms with Gasteiger partial charge in [-0.2, -0.15) is 4.98 Å². The standard InChI is InChI=1S/C13H13N5O3/c19-11-2-1-9(16-11)13-17-10(18-21-13)7-15-12(20)8-3-5-14-6-4-8/h3-6,9H,1-2,7H2,(H,15,20)(H,16,19)/t9-/m0/s1. The number of aromatic nitrogens is 3. The first-order valence-electron chi connectivity index (χ1n) is 6.52. The monoisotopic (exact) mass is 287 g/mol. The summed E-state index contributed by atoms with van der Waals surface area (Å²) in [6.07, 6.45) is 4.19. The van der Waals surface area contributed by atoms with Gasteiger partial charge in [-0.25, -0.2) is 0 Å². The van der Waals surface area contributed by atoms with Crippen LogP contribution >= 0.6 is 0 Å². The lowest BCUT2D eigenvalue weighted by Gasteiger charge is -2.02. The highest BCUT2D eigenvalue weighted by Gasteiger charge is 2.27. The normalized spacial score (nSPS) is 17.5.